The molecular formula is C27H23N4O3P. The Kier molecular flexibility index (Phi) is 5.27. The van der Waals surface area contributed by atoms with Gasteiger partial charge in [-0.15, -0.1) is 0 Å². The molecule has 0 bridgehead atoms. The van der Waals surface area contributed by atoms with Crippen LogP contribution in [0.4, 0.5) is 5.69 Å². The number of benzene rings is 3. The molecule has 0 amide bonds. The summed E-state index contributed by atoms with van der Waals surface area (Å²) in [5.74, 6) is 0.577. The fourth-order valence-electron chi connectivity index (χ4n) is 4.61. The van der Waals surface area contributed by atoms with Crippen molar-refractivity contribution in [3.05, 3.63) is 89.2 Å². The summed E-state index contributed by atoms with van der Waals surface area (Å²) < 4.78 is 9.44. The highest BCUT2D eigenvalue weighted by Crippen LogP contribution is 2.41. The highest BCUT2D eigenvalue weighted by molar-refractivity contribution is 7.39. The normalized spacial score (nSPS) is 13.3. The number of aromatic amines is 1. The van der Waals surface area contributed by atoms with E-state index in [1.165, 1.54) is 4.52 Å². The van der Waals surface area contributed by atoms with E-state index in [2.05, 4.69) is 16.3 Å². The number of hydrogen-bond donors (Lipinski definition) is 2. The van der Waals surface area contributed by atoms with Crippen molar-refractivity contribution >= 4 is 20.1 Å². The molecule has 5 aromatic rings. The third kappa shape index (κ3) is 3.56. The van der Waals surface area contributed by atoms with E-state index in [1.54, 1.807) is 6.07 Å². The molecule has 3 aromatic carbocycles. The predicted octanol–water partition coefficient (Wildman–Crippen LogP) is 5.15. The highest BCUT2D eigenvalue weighted by Gasteiger charge is 2.24. The van der Waals surface area contributed by atoms with Gasteiger partial charge in [-0.25, -0.2) is 0 Å². The fourth-order valence-corrected chi connectivity index (χ4v) is 5.34. The van der Waals surface area contributed by atoms with Crippen molar-refractivity contribution in [2.45, 2.75) is 0 Å². The van der Waals surface area contributed by atoms with Crippen molar-refractivity contribution in [1.29, 1.82) is 0 Å². The molecule has 0 spiro atoms. The van der Waals surface area contributed by atoms with Gasteiger partial charge >= 0.3 is 0 Å². The van der Waals surface area contributed by atoms with Gasteiger partial charge in [0.25, 0.3) is 5.56 Å². The lowest BCUT2D eigenvalue weighted by Crippen LogP contribution is -2.25. The Balaban J connectivity index is 1.61. The van der Waals surface area contributed by atoms with E-state index < -0.39 is 0 Å². The Hall–Kier alpha value is -4.09. The zero-order valence-corrected chi connectivity index (χ0v) is 20.0. The number of nitrogens with zero attached hydrogens (tertiary/aromatic N) is 3. The summed E-state index contributed by atoms with van der Waals surface area (Å²) in [7, 11) is 0.564. The number of aromatic nitrogens is 3. The molecule has 2 N–H and O–H groups in total. The van der Waals surface area contributed by atoms with Gasteiger partial charge in [0.15, 0.2) is 0 Å². The van der Waals surface area contributed by atoms with Crippen molar-refractivity contribution in [2.24, 2.45) is 0 Å². The summed E-state index contributed by atoms with van der Waals surface area (Å²) in [5, 5.41) is 16.1. The van der Waals surface area contributed by atoms with Crippen LogP contribution in [0.2, 0.25) is 0 Å². The number of aromatic hydroxyl groups is 1. The monoisotopic (exact) mass is 482 g/mol. The number of fused-ring (bicyclic) bond motifs is 2. The molecule has 7 nitrogen and oxygen atoms in total. The molecule has 35 heavy (non-hydrogen) atoms. The van der Waals surface area contributed by atoms with Crippen LogP contribution in [0.3, 0.4) is 0 Å². The van der Waals surface area contributed by atoms with Gasteiger partial charge in [-0.05, 0) is 38.7 Å². The Morgan fingerprint density at radius 2 is 1.66 bits per heavy atom. The second kappa shape index (κ2) is 8.60. The van der Waals surface area contributed by atoms with Crippen LogP contribution in [0.25, 0.3) is 39.2 Å². The molecule has 6 rings (SSSR count). The fraction of sp³-hybridized carbons (Fsp3) is 0.111. The lowest BCUT2D eigenvalue weighted by Gasteiger charge is -2.30. The van der Waals surface area contributed by atoms with Crippen LogP contribution < -0.4 is 15.0 Å². The molecular weight excluding hydrogens is 459 g/mol. The minimum absolute atomic E-state index is 0.173. The second-order valence-corrected chi connectivity index (χ2v) is 9.26. The van der Waals surface area contributed by atoms with E-state index >= 15 is 0 Å². The van der Waals surface area contributed by atoms with Crippen molar-refractivity contribution in [2.75, 3.05) is 24.5 Å². The number of ether oxygens (including phenoxy) is 1. The quantitative estimate of drug-likeness (QED) is 0.346. The first-order valence-electron chi connectivity index (χ1n) is 11.4. The van der Waals surface area contributed by atoms with Crippen LogP contribution in [0.15, 0.2) is 83.7 Å². The summed E-state index contributed by atoms with van der Waals surface area (Å²) in [6.07, 6.45) is 0. The van der Waals surface area contributed by atoms with Crippen molar-refractivity contribution in [3.8, 4) is 45.1 Å². The van der Waals surface area contributed by atoms with Crippen LogP contribution in [0.1, 0.15) is 0 Å². The smallest absolute Gasteiger partial charge is 0.262 e. The average Bonchev–Trinajstić information content (AvgIpc) is 3.29. The Labute approximate surface area is 203 Å². The molecule has 0 aliphatic carbocycles. The van der Waals surface area contributed by atoms with Gasteiger partial charge in [-0.2, -0.15) is 9.61 Å². The standard InChI is InChI=1S/C27H23N4O3P/c1-35-30-14-15-34-21-13-12-19(16-20(21)30)23-26(32)28-25-22(17-8-4-2-5-9-17)24(29-31(25)27(23)33)18-10-6-3-7-11-18/h2-13,16,33,35H,14-15H2,1H3,(H,28,32). The Morgan fingerprint density at radius 3 is 2.37 bits per heavy atom. The molecule has 1 aliphatic rings. The van der Waals surface area contributed by atoms with E-state index in [0.717, 1.165) is 34.7 Å². The molecule has 1 unspecified atom stereocenters. The zero-order valence-electron chi connectivity index (χ0n) is 19.0. The number of rotatable bonds is 4. The van der Waals surface area contributed by atoms with Crippen LogP contribution in [0.5, 0.6) is 11.6 Å². The highest BCUT2D eigenvalue weighted by atomic mass is 31.1. The van der Waals surface area contributed by atoms with E-state index in [4.69, 9.17) is 9.84 Å². The molecule has 1 atom stereocenters. The summed E-state index contributed by atoms with van der Waals surface area (Å²) >= 11 is 0. The van der Waals surface area contributed by atoms with Crippen LogP contribution in [-0.4, -0.2) is 39.5 Å². The van der Waals surface area contributed by atoms with Gasteiger partial charge in [0.05, 0.1) is 17.8 Å². The Bertz CT molecular complexity index is 1600. The summed E-state index contributed by atoms with van der Waals surface area (Å²) in [6.45, 7) is 3.52. The number of H-pyrrole nitrogens is 1. The minimum Gasteiger partial charge on any atom is -0.493 e. The maximum atomic E-state index is 13.4. The molecule has 1 aliphatic heterocycles. The second-order valence-electron chi connectivity index (χ2n) is 8.28. The lowest BCUT2D eigenvalue weighted by molar-refractivity contribution is 0.317. The van der Waals surface area contributed by atoms with Gasteiger partial charge in [0.1, 0.15) is 29.3 Å². The van der Waals surface area contributed by atoms with E-state index in [1.807, 2.05) is 72.8 Å². The SMILES string of the molecule is CPN1CCOc2ccc(-c3c(O)n4nc(-c5ccccc5)c(-c5ccccc5)c4[nH]c3=O)cc21. The van der Waals surface area contributed by atoms with Crippen molar-refractivity contribution in [3.63, 3.8) is 0 Å². The molecule has 0 saturated carbocycles. The van der Waals surface area contributed by atoms with E-state index in [9.17, 15) is 9.90 Å². The molecule has 0 saturated heterocycles. The molecule has 8 heteroatoms. The largest absolute Gasteiger partial charge is 0.493 e. The number of anilines is 1. The lowest BCUT2D eigenvalue weighted by atomic mass is 10.0. The predicted molar refractivity (Wildman–Crippen MR) is 141 cm³/mol. The molecule has 0 radical (unpaired) electrons. The maximum Gasteiger partial charge on any atom is 0.262 e. The van der Waals surface area contributed by atoms with Gasteiger partial charge in [-0.3, -0.25) is 4.79 Å². The summed E-state index contributed by atoms with van der Waals surface area (Å²) in [6, 6.07) is 25.1. The van der Waals surface area contributed by atoms with E-state index in [0.29, 0.717) is 32.2 Å². The minimum atomic E-state index is -0.381. The van der Waals surface area contributed by atoms with Gasteiger partial charge in [-0.1, -0.05) is 66.7 Å². The van der Waals surface area contributed by atoms with E-state index in [-0.39, 0.29) is 17.0 Å². The Morgan fingerprint density at radius 1 is 0.943 bits per heavy atom. The van der Waals surface area contributed by atoms with Gasteiger partial charge < -0.3 is 19.5 Å². The van der Waals surface area contributed by atoms with Crippen molar-refractivity contribution < 1.29 is 9.84 Å². The average molecular weight is 482 g/mol. The van der Waals surface area contributed by atoms with Crippen molar-refractivity contribution in [1.82, 2.24) is 14.6 Å². The summed E-state index contributed by atoms with van der Waals surface area (Å²) in [4.78, 5) is 16.4. The molecule has 0 fully saturated rings. The van der Waals surface area contributed by atoms with Crippen LogP contribution >= 0.6 is 8.73 Å². The first-order chi connectivity index (χ1) is 17.2. The van der Waals surface area contributed by atoms with Gasteiger partial charge in [0.2, 0.25) is 5.88 Å². The first kappa shape index (κ1) is 21.4. The number of nitrogens with one attached hydrogen (secondary N) is 1. The number of hydrogen-bond acceptors (Lipinski definition) is 5. The summed E-state index contributed by atoms with van der Waals surface area (Å²) in [5.41, 5.74) is 4.99. The third-order valence-corrected chi connectivity index (χ3v) is 7.26. The molecule has 3 heterocycles. The first-order valence-corrected chi connectivity index (χ1v) is 12.8. The molecule has 2 aromatic heterocycles. The van der Waals surface area contributed by atoms with Gasteiger partial charge in [0, 0.05) is 5.56 Å². The topological polar surface area (TPSA) is 82.9 Å². The third-order valence-electron chi connectivity index (χ3n) is 6.26. The van der Waals surface area contributed by atoms with Crippen LogP contribution in [-0.2, 0) is 0 Å². The van der Waals surface area contributed by atoms with Crippen LogP contribution in [0, 0.1) is 0 Å². The maximum absolute atomic E-state index is 13.4. The molecule has 174 valence electrons. The zero-order chi connectivity index (χ0) is 23.9.